The van der Waals surface area contributed by atoms with Gasteiger partial charge >= 0.3 is 6.09 Å². The van der Waals surface area contributed by atoms with Crippen LogP contribution < -0.4 is 10.6 Å². The zero-order valence-electron chi connectivity index (χ0n) is 20.2. The molecule has 0 spiro atoms. The smallest absolute Gasteiger partial charge is 0.407 e. The highest BCUT2D eigenvalue weighted by Gasteiger charge is 2.34. The van der Waals surface area contributed by atoms with E-state index in [1.54, 1.807) is 17.5 Å². The molecule has 1 fully saturated rings. The fourth-order valence-corrected chi connectivity index (χ4v) is 4.83. The quantitative estimate of drug-likeness (QED) is 0.461. The molecule has 0 saturated carbocycles. The van der Waals surface area contributed by atoms with Crippen LogP contribution in [0.25, 0.3) is 10.2 Å². The van der Waals surface area contributed by atoms with E-state index < -0.39 is 17.9 Å². The third kappa shape index (κ3) is 5.81. The second-order valence-electron chi connectivity index (χ2n) is 9.73. The van der Waals surface area contributed by atoms with Gasteiger partial charge in [0.1, 0.15) is 11.3 Å². The summed E-state index contributed by atoms with van der Waals surface area (Å²) < 4.78 is 6.18. The van der Waals surface area contributed by atoms with Gasteiger partial charge in [-0.3, -0.25) is 9.88 Å². The van der Waals surface area contributed by atoms with Crippen molar-refractivity contribution in [3.8, 4) is 0 Å². The molecule has 4 heterocycles. The molecule has 0 bridgehead atoms. The Morgan fingerprint density at radius 2 is 2.12 bits per heavy atom. The van der Waals surface area contributed by atoms with Gasteiger partial charge in [-0.05, 0) is 52.3 Å². The van der Waals surface area contributed by atoms with Gasteiger partial charge in [0.25, 0.3) is 0 Å². The van der Waals surface area contributed by atoms with Crippen molar-refractivity contribution in [3.05, 3.63) is 46.7 Å². The van der Waals surface area contributed by atoms with Crippen molar-refractivity contribution in [2.45, 2.75) is 52.5 Å². The van der Waals surface area contributed by atoms with Gasteiger partial charge in [0, 0.05) is 42.8 Å². The number of amides is 1. The summed E-state index contributed by atoms with van der Waals surface area (Å²) in [4.78, 5) is 28.5. The molecule has 34 heavy (non-hydrogen) atoms. The van der Waals surface area contributed by atoms with Gasteiger partial charge in [-0.1, -0.05) is 6.07 Å². The SMILES string of the molecule is Cc1cc2nc(N[C@@H](C)c3cccnc3)nc(C(O)N3CC(CNC(=O)OC(C)(C)C)C3)c2s1. The zero-order chi connectivity index (χ0) is 24.5. The molecule has 1 aliphatic rings. The van der Waals surface area contributed by atoms with Crippen LogP contribution in [0.15, 0.2) is 30.6 Å². The maximum atomic E-state index is 11.9. The minimum absolute atomic E-state index is 0.0387. The Kier molecular flexibility index (Phi) is 7.01. The lowest BCUT2D eigenvalue weighted by molar-refractivity contribution is -0.0680. The summed E-state index contributed by atoms with van der Waals surface area (Å²) in [5, 5.41) is 17.3. The molecule has 0 aliphatic carbocycles. The van der Waals surface area contributed by atoms with Crippen LogP contribution in [0.1, 0.15) is 56.1 Å². The number of carbonyl (C=O) groups excluding carboxylic acids is 1. The summed E-state index contributed by atoms with van der Waals surface area (Å²) in [7, 11) is 0. The van der Waals surface area contributed by atoms with E-state index in [1.807, 2.05) is 63.9 Å². The van der Waals surface area contributed by atoms with Gasteiger partial charge in [0.05, 0.1) is 16.3 Å². The molecule has 182 valence electrons. The van der Waals surface area contributed by atoms with E-state index in [0.717, 1.165) is 20.7 Å². The highest BCUT2D eigenvalue weighted by Crippen LogP contribution is 2.35. The molecule has 1 saturated heterocycles. The first-order chi connectivity index (χ1) is 16.1. The number of ether oxygens (including phenoxy) is 1. The van der Waals surface area contributed by atoms with Gasteiger partial charge in [-0.15, -0.1) is 11.3 Å². The molecule has 1 amide bonds. The van der Waals surface area contributed by atoms with Crippen molar-refractivity contribution in [1.82, 2.24) is 25.2 Å². The van der Waals surface area contributed by atoms with Crippen molar-refractivity contribution in [2.24, 2.45) is 5.92 Å². The van der Waals surface area contributed by atoms with Gasteiger partial charge in [0.15, 0.2) is 6.23 Å². The number of thiophene rings is 1. The summed E-state index contributed by atoms with van der Waals surface area (Å²) in [5.74, 6) is 0.715. The second kappa shape index (κ2) is 9.81. The van der Waals surface area contributed by atoms with Gasteiger partial charge in [0.2, 0.25) is 5.95 Å². The molecular formula is C24H32N6O3S. The summed E-state index contributed by atoms with van der Waals surface area (Å²) in [5.41, 5.74) is 1.92. The first-order valence-corrected chi connectivity index (χ1v) is 12.2. The lowest BCUT2D eigenvalue weighted by Gasteiger charge is -2.42. The average Bonchev–Trinajstić information content (AvgIpc) is 3.11. The monoisotopic (exact) mass is 484 g/mol. The second-order valence-corrected chi connectivity index (χ2v) is 11.0. The van der Waals surface area contributed by atoms with Gasteiger partial charge in [-0.25, -0.2) is 14.8 Å². The molecule has 10 heteroatoms. The Morgan fingerprint density at radius 3 is 2.79 bits per heavy atom. The average molecular weight is 485 g/mol. The summed E-state index contributed by atoms with van der Waals surface area (Å²) >= 11 is 1.58. The van der Waals surface area contributed by atoms with E-state index in [1.165, 1.54) is 0 Å². The first-order valence-electron chi connectivity index (χ1n) is 11.4. The number of anilines is 1. The van der Waals surface area contributed by atoms with E-state index in [-0.39, 0.29) is 12.0 Å². The van der Waals surface area contributed by atoms with Crippen molar-refractivity contribution < 1.29 is 14.6 Å². The summed E-state index contributed by atoms with van der Waals surface area (Å²) in [6.07, 6.45) is 2.28. The van der Waals surface area contributed by atoms with Crippen molar-refractivity contribution in [2.75, 3.05) is 25.0 Å². The first kappa shape index (κ1) is 24.3. The van der Waals surface area contributed by atoms with Crippen LogP contribution in [0.3, 0.4) is 0 Å². The van der Waals surface area contributed by atoms with E-state index in [0.29, 0.717) is 31.3 Å². The minimum Gasteiger partial charge on any atom is -0.444 e. The number of nitrogens with one attached hydrogen (secondary N) is 2. The number of aliphatic hydroxyl groups is 1. The number of hydrogen-bond donors (Lipinski definition) is 3. The highest BCUT2D eigenvalue weighted by atomic mass is 32.1. The molecular weight excluding hydrogens is 452 g/mol. The molecule has 0 aromatic carbocycles. The number of fused-ring (bicyclic) bond motifs is 1. The molecule has 3 aromatic heterocycles. The van der Waals surface area contributed by atoms with Crippen molar-refractivity contribution in [1.29, 1.82) is 0 Å². The lowest BCUT2D eigenvalue weighted by atomic mass is 9.99. The molecule has 0 radical (unpaired) electrons. The molecule has 4 rings (SSSR count). The lowest BCUT2D eigenvalue weighted by Crippen LogP contribution is -2.53. The summed E-state index contributed by atoms with van der Waals surface area (Å²) in [6, 6.07) is 5.87. The van der Waals surface area contributed by atoms with Crippen LogP contribution in [-0.4, -0.2) is 56.3 Å². The Balaban J connectivity index is 1.43. The van der Waals surface area contributed by atoms with Gasteiger partial charge in [-0.2, -0.15) is 0 Å². The Bertz CT molecular complexity index is 1140. The number of aliphatic hydroxyl groups excluding tert-OH is 1. The zero-order valence-corrected chi connectivity index (χ0v) is 21.0. The van der Waals surface area contributed by atoms with E-state index in [4.69, 9.17) is 9.72 Å². The third-order valence-electron chi connectivity index (χ3n) is 5.56. The largest absolute Gasteiger partial charge is 0.444 e. The number of pyridine rings is 1. The predicted molar refractivity (Wildman–Crippen MR) is 133 cm³/mol. The van der Waals surface area contributed by atoms with E-state index in [2.05, 4.69) is 20.6 Å². The number of aryl methyl sites for hydroxylation is 1. The normalized spacial score (nSPS) is 16.6. The molecule has 1 unspecified atom stereocenters. The topological polar surface area (TPSA) is 113 Å². The Morgan fingerprint density at radius 1 is 1.35 bits per heavy atom. The van der Waals surface area contributed by atoms with Crippen molar-refractivity contribution in [3.63, 3.8) is 0 Å². The highest BCUT2D eigenvalue weighted by molar-refractivity contribution is 7.19. The number of alkyl carbamates (subject to hydrolysis) is 1. The number of rotatable bonds is 7. The maximum Gasteiger partial charge on any atom is 0.407 e. The van der Waals surface area contributed by atoms with Crippen LogP contribution in [0.4, 0.5) is 10.7 Å². The number of aromatic nitrogens is 3. The van der Waals surface area contributed by atoms with Crippen LogP contribution in [-0.2, 0) is 4.74 Å². The molecule has 9 nitrogen and oxygen atoms in total. The maximum absolute atomic E-state index is 11.9. The number of carbonyl (C=O) groups is 1. The fraction of sp³-hybridized carbons (Fsp3) is 0.500. The Hall–Kier alpha value is -2.82. The van der Waals surface area contributed by atoms with Crippen LogP contribution >= 0.6 is 11.3 Å². The minimum atomic E-state index is -0.851. The fourth-order valence-electron chi connectivity index (χ4n) is 3.87. The predicted octanol–water partition coefficient (Wildman–Crippen LogP) is 4.02. The van der Waals surface area contributed by atoms with Crippen LogP contribution in [0, 0.1) is 12.8 Å². The molecule has 3 N–H and O–H groups in total. The standard InChI is InChI=1S/C24H32N6O3S/c1-14-9-18-20(34-14)19(29-22(28-18)27-15(2)17-7-6-8-25-11-17)21(31)30-12-16(13-30)10-26-23(32)33-24(3,4)5/h6-9,11,15-16,21,31H,10,12-13H2,1-5H3,(H,26,32)(H,27,28,29)/t15-,21?/m0/s1. The molecule has 1 aliphatic heterocycles. The van der Waals surface area contributed by atoms with Gasteiger partial charge < -0.3 is 20.5 Å². The van der Waals surface area contributed by atoms with Crippen LogP contribution in [0.5, 0.6) is 0 Å². The van der Waals surface area contributed by atoms with Crippen LogP contribution in [0.2, 0.25) is 0 Å². The molecule has 3 aromatic rings. The number of likely N-dealkylation sites (tertiary alicyclic amines) is 1. The van der Waals surface area contributed by atoms with Crippen molar-refractivity contribution >= 4 is 33.6 Å². The Labute approximate surface area is 203 Å². The molecule has 2 atom stereocenters. The van der Waals surface area contributed by atoms with E-state index >= 15 is 0 Å². The number of nitrogens with zero attached hydrogens (tertiary/aromatic N) is 4. The number of hydrogen-bond acceptors (Lipinski definition) is 9. The third-order valence-corrected chi connectivity index (χ3v) is 6.62. The summed E-state index contributed by atoms with van der Waals surface area (Å²) in [6.45, 7) is 11.4. The van der Waals surface area contributed by atoms with E-state index in [9.17, 15) is 9.90 Å².